The molecule has 6 nitrogen and oxygen atoms in total. The van der Waals surface area contributed by atoms with Crippen molar-refractivity contribution in [1.29, 1.82) is 0 Å². The fourth-order valence-electron chi connectivity index (χ4n) is 2.90. The maximum Gasteiger partial charge on any atom is 0.308 e. The lowest BCUT2D eigenvalue weighted by Gasteiger charge is -2.12. The number of carbonyl (C=O) groups is 3. The molecule has 0 unspecified atom stereocenters. The molecule has 0 spiro atoms. The predicted molar refractivity (Wildman–Crippen MR) is 122 cm³/mol. The molecular weight excluding hydrogens is 460 g/mol. The molecule has 3 aromatic rings. The molecule has 0 radical (unpaired) electrons. The third-order valence-corrected chi connectivity index (χ3v) is 4.91. The number of nitrogens with one attached hydrogen (secondary N) is 2. The topological polar surface area (TPSA) is 84.5 Å². The van der Waals surface area contributed by atoms with Crippen molar-refractivity contribution in [2.24, 2.45) is 0 Å². The van der Waals surface area contributed by atoms with Crippen LogP contribution in [0, 0.1) is 0 Å². The second-order valence-electron chi connectivity index (χ2n) is 6.81. The van der Waals surface area contributed by atoms with Crippen LogP contribution in [0.15, 0.2) is 77.3 Å². The summed E-state index contributed by atoms with van der Waals surface area (Å²) in [6.07, 6.45) is 0.269. The Bertz CT molecular complexity index is 1100. The number of para-hydroxylation sites is 1. The van der Waals surface area contributed by atoms with E-state index in [0.29, 0.717) is 17.0 Å². The van der Waals surface area contributed by atoms with Crippen LogP contribution in [-0.4, -0.2) is 17.8 Å². The first-order valence-corrected chi connectivity index (χ1v) is 10.4. The Morgan fingerprint density at radius 3 is 2.42 bits per heavy atom. The van der Waals surface area contributed by atoms with Gasteiger partial charge in [-0.3, -0.25) is 14.4 Å². The minimum atomic E-state index is -0.457. The molecule has 0 fully saturated rings. The fourth-order valence-corrected chi connectivity index (χ4v) is 3.17. The molecule has 0 aromatic heterocycles. The maximum absolute atomic E-state index is 12.7. The number of ether oxygens (including phenoxy) is 1. The molecule has 3 rings (SSSR count). The summed E-state index contributed by atoms with van der Waals surface area (Å²) in [6.45, 7) is 1.58. The monoisotopic (exact) mass is 480 g/mol. The van der Waals surface area contributed by atoms with Crippen molar-refractivity contribution in [1.82, 2.24) is 5.32 Å². The average molecular weight is 481 g/mol. The van der Waals surface area contributed by atoms with Gasteiger partial charge in [0.25, 0.3) is 5.91 Å². The van der Waals surface area contributed by atoms with Crippen LogP contribution in [0.4, 0.5) is 5.69 Å². The van der Waals surface area contributed by atoms with Crippen LogP contribution in [0.2, 0.25) is 0 Å². The van der Waals surface area contributed by atoms with E-state index in [1.807, 2.05) is 36.4 Å². The van der Waals surface area contributed by atoms with Gasteiger partial charge in [-0.1, -0.05) is 52.3 Å². The summed E-state index contributed by atoms with van der Waals surface area (Å²) in [5.74, 6) is -0.615. The predicted octanol–water partition coefficient (Wildman–Crippen LogP) is 4.49. The zero-order valence-electron chi connectivity index (χ0n) is 16.9. The van der Waals surface area contributed by atoms with Crippen LogP contribution in [0.5, 0.6) is 5.75 Å². The lowest BCUT2D eigenvalue weighted by Crippen LogP contribution is -2.25. The second-order valence-corrected chi connectivity index (χ2v) is 7.73. The number of hydrogen-bond donors (Lipinski definition) is 2. The van der Waals surface area contributed by atoms with Crippen molar-refractivity contribution in [2.75, 3.05) is 5.32 Å². The number of anilines is 1. The molecule has 2 amide bonds. The van der Waals surface area contributed by atoms with E-state index < -0.39 is 5.97 Å². The van der Waals surface area contributed by atoms with Gasteiger partial charge in [-0.25, -0.2) is 0 Å². The van der Waals surface area contributed by atoms with E-state index in [1.54, 1.807) is 30.3 Å². The Labute approximate surface area is 188 Å². The van der Waals surface area contributed by atoms with Crippen LogP contribution in [0.3, 0.4) is 0 Å². The molecule has 0 heterocycles. The number of esters is 1. The van der Waals surface area contributed by atoms with Crippen LogP contribution >= 0.6 is 15.9 Å². The van der Waals surface area contributed by atoms with E-state index in [4.69, 9.17) is 4.74 Å². The lowest BCUT2D eigenvalue weighted by atomic mass is 10.1. The van der Waals surface area contributed by atoms with E-state index in [0.717, 1.165) is 15.6 Å². The van der Waals surface area contributed by atoms with Crippen LogP contribution in [0.25, 0.3) is 0 Å². The zero-order valence-corrected chi connectivity index (χ0v) is 18.4. The molecule has 31 heavy (non-hydrogen) atoms. The second kappa shape index (κ2) is 10.5. The van der Waals surface area contributed by atoms with Crippen molar-refractivity contribution in [3.63, 3.8) is 0 Å². The Morgan fingerprint density at radius 2 is 1.68 bits per heavy atom. The first-order chi connectivity index (χ1) is 14.9. The van der Waals surface area contributed by atoms with Gasteiger partial charge in [0, 0.05) is 29.2 Å². The molecule has 3 aromatic carbocycles. The number of rotatable bonds is 7. The Kier molecular flexibility index (Phi) is 7.56. The summed E-state index contributed by atoms with van der Waals surface area (Å²) >= 11 is 3.37. The van der Waals surface area contributed by atoms with E-state index in [2.05, 4.69) is 26.6 Å². The SMILES string of the molecule is CC(=O)Oc1cccc(C(=O)Nc2ccccc2CNC(=O)Cc2ccc(Br)cc2)c1. The molecule has 0 atom stereocenters. The van der Waals surface area contributed by atoms with Gasteiger partial charge in [0.15, 0.2) is 0 Å². The number of halogens is 1. The number of amides is 2. The third kappa shape index (κ3) is 6.79. The van der Waals surface area contributed by atoms with Crippen LogP contribution < -0.4 is 15.4 Å². The van der Waals surface area contributed by atoms with Crippen molar-refractivity contribution < 1.29 is 19.1 Å². The molecule has 0 bridgehead atoms. The van der Waals surface area contributed by atoms with Gasteiger partial charge in [-0.05, 0) is 47.5 Å². The van der Waals surface area contributed by atoms with Gasteiger partial charge in [0.1, 0.15) is 5.75 Å². The average Bonchev–Trinajstić information content (AvgIpc) is 2.74. The van der Waals surface area contributed by atoms with E-state index in [-0.39, 0.29) is 24.8 Å². The normalized spacial score (nSPS) is 10.3. The summed E-state index contributed by atoms with van der Waals surface area (Å²) in [6, 6.07) is 21.2. The van der Waals surface area contributed by atoms with Crippen LogP contribution in [0.1, 0.15) is 28.4 Å². The van der Waals surface area contributed by atoms with Gasteiger partial charge < -0.3 is 15.4 Å². The number of carbonyl (C=O) groups excluding carboxylic acids is 3. The molecule has 0 aliphatic rings. The molecule has 0 saturated heterocycles. The van der Waals surface area contributed by atoms with Crippen molar-refractivity contribution in [3.8, 4) is 5.75 Å². The zero-order chi connectivity index (χ0) is 22.2. The molecule has 0 aliphatic carbocycles. The first-order valence-electron chi connectivity index (χ1n) is 9.59. The third-order valence-electron chi connectivity index (χ3n) is 4.38. The standard InChI is InChI=1S/C24H21BrN2O4/c1-16(28)31-21-7-4-6-18(14-21)24(30)27-22-8-3-2-5-19(22)15-26-23(29)13-17-9-11-20(25)12-10-17/h2-12,14H,13,15H2,1H3,(H,26,29)(H,27,30). The molecule has 0 aliphatic heterocycles. The Hall–Kier alpha value is -3.45. The largest absolute Gasteiger partial charge is 0.427 e. The lowest BCUT2D eigenvalue weighted by molar-refractivity contribution is -0.131. The summed E-state index contributed by atoms with van der Waals surface area (Å²) in [5, 5.41) is 5.74. The smallest absolute Gasteiger partial charge is 0.308 e. The van der Waals surface area contributed by atoms with E-state index >= 15 is 0 Å². The van der Waals surface area contributed by atoms with Crippen molar-refractivity contribution in [3.05, 3.63) is 94.0 Å². The highest BCUT2D eigenvalue weighted by molar-refractivity contribution is 9.10. The van der Waals surface area contributed by atoms with Crippen molar-refractivity contribution >= 4 is 39.4 Å². The van der Waals surface area contributed by atoms with Crippen molar-refractivity contribution in [2.45, 2.75) is 19.9 Å². The highest BCUT2D eigenvalue weighted by Crippen LogP contribution is 2.19. The molecule has 158 valence electrons. The van der Waals surface area contributed by atoms with E-state index in [1.165, 1.54) is 13.0 Å². The highest BCUT2D eigenvalue weighted by atomic mass is 79.9. The summed E-state index contributed by atoms with van der Waals surface area (Å²) in [5.41, 5.74) is 2.63. The minimum absolute atomic E-state index is 0.113. The van der Waals surface area contributed by atoms with Gasteiger partial charge in [0.2, 0.25) is 5.91 Å². The highest BCUT2D eigenvalue weighted by Gasteiger charge is 2.11. The van der Waals surface area contributed by atoms with E-state index in [9.17, 15) is 14.4 Å². The van der Waals surface area contributed by atoms with Gasteiger partial charge in [0.05, 0.1) is 6.42 Å². The van der Waals surface area contributed by atoms with Gasteiger partial charge in [-0.15, -0.1) is 0 Å². The molecular formula is C24H21BrN2O4. The summed E-state index contributed by atoms with van der Waals surface area (Å²) in [4.78, 5) is 36.1. The quantitative estimate of drug-likeness (QED) is 0.385. The first kappa shape index (κ1) is 22.2. The number of benzene rings is 3. The maximum atomic E-state index is 12.7. The summed E-state index contributed by atoms with van der Waals surface area (Å²) in [7, 11) is 0. The molecule has 7 heteroatoms. The van der Waals surface area contributed by atoms with Gasteiger partial charge >= 0.3 is 5.97 Å². The van der Waals surface area contributed by atoms with Gasteiger partial charge in [-0.2, -0.15) is 0 Å². The molecule has 2 N–H and O–H groups in total. The summed E-state index contributed by atoms with van der Waals surface area (Å²) < 4.78 is 5.99. The minimum Gasteiger partial charge on any atom is -0.427 e. The van der Waals surface area contributed by atoms with Crippen LogP contribution in [-0.2, 0) is 22.6 Å². The fraction of sp³-hybridized carbons (Fsp3) is 0.125. The number of hydrogen-bond acceptors (Lipinski definition) is 4. The molecule has 0 saturated carbocycles. The Balaban J connectivity index is 1.63. The Morgan fingerprint density at radius 1 is 0.935 bits per heavy atom.